The Hall–Kier alpha value is -2.69. The summed E-state index contributed by atoms with van der Waals surface area (Å²) in [6, 6.07) is 10.4. The lowest BCUT2D eigenvalue weighted by atomic mass is 10.0. The van der Waals surface area contributed by atoms with Gasteiger partial charge in [0.1, 0.15) is 11.3 Å². The van der Waals surface area contributed by atoms with Crippen molar-refractivity contribution in [2.45, 2.75) is 72.4 Å². The molecular weight excluding hydrogens is 384 g/mol. The van der Waals surface area contributed by atoms with Crippen LogP contribution in [0, 0.1) is 19.8 Å². The highest BCUT2D eigenvalue weighted by Gasteiger charge is 2.26. The van der Waals surface area contributed by atoms with E-state index in [-0.39, 0.29) is 5.91 Å². The summed E-state index contributed by atoms with van der Waals surface area (Å²) in [5.74, 6) is 1.58. The first-order valence-corrected chi connectivity index (χ1v) is 11.6. The largest absolute Gasteiger partial charge is 0.331 e. The zero-order chi connectivity index (χ0) is 22.0. The molecule has 0 bridgehead atoms. The number of imidazole rings is 1. The Bertz CT molecular complexity index is 1060. The third-order valence-electron chi connectivity index (χ3n) is 6.56. The van der Waals surface area contributed by atoms with E-state index in [2.05, 4.69) is 37.2 Å². The first-order valence-electron chi connectivity index (χ1n) is 11.6. The summed E-state index contributed by atoms with van der Waals surface area (Å²) in [6.45, 7) is 9.80. The molecule has 0 unspecified atom stereocenters. The smallest absolute Gasteiger partial charge is 0.254 e. The van der Waals surface area contributed by atoms with Gasteiger partial charge in [-0.25, -0.2) is 9.97 Å². The van der Waals surface area contributed by atoms with Crippen LogP contribution in [0.1, 0.15) is 79.3 Å². The molecule has 1 amide bonds. The normalized spacial score (nSPS) is 14.6. The molecule has 3 aromatic rings. The third kappa shape index (κ3) is 4.65. The second kappa shape index (κ2) is 9.21. The number of amides is 1. The maximum absolute atomic E-state index is 13.5. The number of hydrogen-bond donors (Lipinski definition) is 0. The first-order chi connectivity index (χ1) is 14.9. The second-order valence-corrected chi connectivity index (χ2v) is 9.39. The highest BCUT2D eigenvalue weighted by atomic mass is 16.2. The quantitative estimate of drug-likeness (QED) is 0.483. The molecule has 4 rings (SSSR count). The predicted molar refractivity (Wildman–Crippen MR) is 125 cm³/mol. The average molecular weight is 419 g/mol. The Balaban J connectivity index is 1.69. The van der Waals surface area contributed by atoms with Gasteiger partial charge in [-0.3, -0.25) is 4.79 Å². The number of aromatic nitrogens is 3. The SMILES string of the molecule is Cc1ccc(C(=O)N(CCC(C)C)Cc2nc3cccnc3n2C2CCCC2)cc1C. The molecule has 1 aromatic carbocycles. The Morgan fingerprint density at radius 3 is 2.65 bits per heavy atom. The standard InChI is InChI=1S/C26H34N4O/c1-18(2)13-15-29(26(31)21-12-11-19(3)20(4)16-21)17-24-28-23-10-7-14-27-25(23)30(24)22-8-5-6-9-22/h7,10-12,14,16,18,22H,5-6,8-9,13,15,17H2,1-4H3. The Kier molecular flexibility index (Phi) is 6.40. The van der Waals surface area contributed by atoms with E-state index in [1.54, 1.807) is 0 Å². The molecule has 0 aliphatic heterocycles. The highest BCUT2D eigenvalue weighted by molar-refractivity contribution is 5.94. The minimum absolute atomic E-state index is 0.0849. The van der Waals surface area contributed by atoms with Gasteiger partial charge < -0.3 is 9.47 Å². The molecule has 1 aliphatic rings. The molecule has 0 saturated heterocycles. The van der Waals surface area contributed by atoms with Gasteiger partial charge in [-0.1, -0.05) is 32.8 Å². The number of rotatable bonds is 7. The summed E-state index contributed by atoms with van der Waals surface area (Å²) in [6.07, 6.45) is 7.62. The van der Waals surface area contributed by atoms with Gasteiger partial charge in [-0.15, -0.1) is 0 Å². The molecule has 0 N–H and O–H groups in total. The third-order valence-corrected chi connectivity index (χ3v) is 6.56. The van der Waals surface area contributed by atoms with Crippen LogP contribution >= 0.6 is 0 Å². The number of nitrogens with zero attached hydrogens (tertiary/aromatic N) is 4. The van der Waals surface area contributed by atoms with Crippen LogP contribution in [0.15, 0.2) is 36.5 Å². The van der Waals surface area contributed by atoms with Gasteiger partial charge in [0.05, 0.1) is 6.54 Å². The topological polar surface area (TPSA) is 51.0 Å². The molecule has 5 nitrogen and oxygen atoms in total. The zero-order valence-corrected chi connectivity index (χ0v) is 19.3. The lowest BCUT2D eigenvalue weighted by Gasteiger charge is -2.25. The van der Waals surface area contributed by atoms with Gasteiger partial charge in [0.2, 0.25) is 0 Å². The first kappa shape index (κ1) is 21.5. The number of carbonyl (C=O) groups excluding carboxylic acids is 1. The molecule has 0 spiro atoms. The van der Waals surface area contributed by atoms with E-state index in [1.165, 1.54) is 18.4 Å². The number of hydrogen-bond acceptors (Lipinski definition) is 3. The van der Waals surface area contributed by atoms with Crippen molar-refractivity contribution >= 4 is 17.1 Å². The molecule has 2 heterocycles. The summed E-state index contributed by atoms with van der Waals surface area (Å²) in [7, 11) is 0. The monoisotopic (exact) mass is 418 g/mol. The van der Waals surface area contributed by atoms with Gasteiger partial charge in [0.15, 0.2) is 5.65 Å². The fourth-order valence-corrected chi connectivity index (χ4v) is 4.53. The fraction of sp³-hybridized carbons (Fsp3) is 0.500. The van der Waals surface area contributed by atoms with Gasteiger partial charge >= 0.3 is 0 Å². The summed E-state index contributed by atoms with van der Waals surface area (Å²) < 4.78 is 2.32. The van der Waals surface area contributed by atoms with E-state index in [0.717, 1.165) is 53.9 Å². The zero-order valence-electron chi connectivity index (χ0n) is 19.3. The van der Waals surface area contributed by atoms with Crippen molar-refractivity contribution in [3.8, 4) is 0 Å². The molecule has 0 radical (unpaired) electrons. The number of carbonyl (C=O) groups is 1. The van der Waals surface area contributed by atoms with Crippen LogP contribution in [0.3, 0.4) is 0 Å². The van der Waals surface area contributed by atoms with Crippen molar-refractivity contribution in [2.24, 2.45) is 5.92 Å². The lowest BCUT2D eigenvalue weighted by molar-refractivity contribution is 0.0728. The number of fused-ring (bicyclic) bond motifs is 1. The van der Waals surface area contributed by atoms with Crippen molar-refractivity contribution in [1.82, 2.24) is 19.4 Å². The minimum atomic E-state index is 0.0849. The van der Waals surface area contributed by atoms with Crippen LogP contribution in [0.25, 0.3) is 11.2 Å². The van der Waals surface area contributed by atoms with E-state index in [0.29, 0.717) is 18.5 Å². The van der Waals surface area contributed by atoms with E-state index in [9.17, 15) is 4.79 Å². The summed E-state index contributed by atoms with van der Waals surface area (Å²) in [5.41, 5.74) is 4.99. The van der Waals surface area contributed by atoms with Gasteiger partial charge in [0, 0.05) is 24.3 Å². The molecule has 164 valence electrons. The van der Waals surface area contributed by atoms with Gasteiger partial charge in [-0.05, 0) is 74.4 Å². The molecule has 31 heavy (non-hydrogen) atoms. The maximum Gasteiger partial charge on any atom is 0.254 e. The molecule has 1 fully saturated rings. The lowest BCUT2D eigenvalue weighted by Crippen LogP contribution is -2.33. The molecule has 5 heteroatoms. The molecule has 1 saturated carbocycles. The Morgan fingerprint density at radius 1 is 1.16 bits per heavy atom. The van der Waals surface area contributed by atoms with E-state index in [1.807, 2.05) is 41.4 Å². The summed E-state index contributed by atoms with van der Waals surface area (Å²) in [4.78, 5) is 25.1. The van der Waals surface area contributed by atoms with Crippen LogP contribution in [-0.4, -0.2) is 31.9 Å². The van der Waals surface area contributed by atoms with Crippen molar-refractivity contribution in [3.05, 3.63) is 59.0 Å². The number of pyridine rings is 1. The second-order valence-electron chi connectivity index (χ2n) is 9.39. The van der Waals surface area contributed by atoms with Crippen LogP contribution < -0.4 is 0 Å². The van der Waals surface area contributed by atoms with Gasteiger partial charge in [-0.2, -0.15) is 0 Å². The highest BCUT2D eigenvalue weighted by Crippen LogP contribution is 2.33. The average Bonchev–Trinajstić information content (AvgIpc) is 3.39. The number of benzene rings is 1. The molecule has 1 aliphatic carbocycles. The summed E-state index contributed by atoms with van der Waals surface area (Å²) in [5, 5.41) is 0. The van der Waals surface area contributed by atoms with Crippen molar-refractivity contribution in [3.63, 3.8) is 0 Å². The fourth-order valence-electron chi connectivity index (χ4n) is 4.53. The van der Waals surface area contributed by atoms with Crippen LogP contribution in [0.5, 0.6) is 0 Å². The van der Waals surface area contributed by atoms with Crippen LogP contribution in [0.4, 0.5) is 0 Å². The Morgan fingerprint density at radius 2 is 1.94 bits per heavy atom. The van der Waals surface area contributed by atoms with E-state index in [4.69, 9.17) is 4.98 Å². The van der Waals surface area contributed by atoms with Crippen molar-refractivity contribution in [2.75, 3.05) is 6.54 Å². The molecular formula is C26H34N4O. The van der Waals surface area contributed by atoms with Crippen LogP contribution in [-0.2, 0) is 6.54 Å². The molecule has 2 aromatic heterocycles. The molecule has 0 atom stereocenters. The minimum Gasteiger partial charge on any atom is -0.331 e. The predicted octanol–water partition coefficient (Wildman–Crippen LogP) is 5.85. The van der Waals surface area contributed by atoms with Crippen molar-refractivity contribution in [1.29, 1.82) is 0 Å². The van der Waals surface area contributed by atoms with E-state index < -0.39 is 0 Å². The van der Waals surface area contributed by atoms with Crippen LogP contribution in [0.2, 0.25) is 0 Å². The number of aryl methyl sites for hydroxylation is 2. The maximum atomic E-state index is 13.5. The Labute approximate surface area is 185 Å². The summed E-state index contributed by atoms with van der Waals surface area (Å²) >= 11 is 0. The van der Waals surface area contributed by atoms with Gasteiger partial charge in [0.25, 0.3) is 5.91 Å². The van der Waals surface area contributed by atoms with Crippen molar-refractivity contribution < 1.29 is 4.79 Å². The van der Waals surface area contributed by atoms with E-state index >= 15 is 0 Å².